The lowest BCUT2D eigenvalue weighted by molar-refractivity contribution is 0.140. The predicted octanol–water partition coefficient (Wildman–Crippen LogP) is 8.08. The second-order valence-corrected chi connectivity index (χ2v) is 15.3. The Morgan fingerprint density at radius 1 is 0.531 bits per heavy atom. The highest BCUT2D eigenvalue weighted by molar-refractivity contribution is 6.93. The van der Waals surface area contributed by atoms with Gasteiger partial charge in [0.05, 0.1) is 5.16 Å². The van der Waals surface area contributed by atoms with E-state index in [1.165, 1.54) is 0 Å². The normalized spacial score (nSPS) is 14.1. The highest BCUT2D eigenvalue weighted by atomic mass is 28.4. The molecule has 0 unspecified atom stereocenters. The van der Waals surface area contributed by atoms with Crippen molar-refractivity contribution < 1.29 is 17.7 Å². The van der Waals surface area contributed by atoms with Crippen LogP contribution in [-0.2, 0) is 17.7 Å². The Morgan fingerprint density at radius 3 is 1.06 bits per heavy atom. The Morgan fingerprint density at radius 2 is 0.844 bits per heavy atom. The summed E-state index contributed by atoms with van der Waals surface area (Å²) >= 11 is 0. The van der Waals surface area contributed by atoms with E-state index in [0.29, 0.717) is 0 Å². The van der Waals surface area contributed by atoms with Crippen molar-refractivity contribution in [3.8, 4) is 0 Å². The molecule has 0 aliphatic heterocycles. The molecule has 0 rings (SSSR count). The summed E-state index contributed by atoms with van der Waals surface area (Å²) in [5.41, 5.74) is 4.55. The first kappa shape index (κ1) is 31.8. The van der Waals surface area contributed by atoms with Crippen molar-refractivity contribution in [1.29, 1.82) is 0 Å². The van der Waals surface area contributed by atoms with Crippen molar-refractivity contribution in [1.82, 2.24) is 0 Å². The average molecular weight is 487 g/mol. The van der Waals surface area contributed by atoms with Gasteiger partial charge in [-0.25, -0.2) is 0 Å². The molecule has 0 aliphatic rings. The van der Waals surface area contributed by atoms with Gasteiger partial charge in [0.1, 0.15) is 0 Å². The van der Waals surface area contributed by atoms with E-state index in [0.717, 1.165) is 90.6 Å². The molecule has 0 spiro atoms. The summed E-state index contributed by atoms with van der Waals surface area (Å²) in [6.07, 6.45) is 15.0. The van der Waals surface area contributed by atoms with E-state index >= 15 is 0 Å². The lowest BCUT2D eigenvalue weighted by Crippen LogP contribution is -2.60. The molecule has 0 bridgehead atoms. The first-order valence-electron chi connectivity index (χ1n) is 13.4. The standard InChI is InChI=1S/C26H54O4Si2/c1-8-15-20-27-31(24-13-6,28-21-16-9-2)26(19-12-5)32(25-14-7,29-22-17-10-3)30-23-18-11-4/h13-14,24-26H,8-12,15-23H2,1-7H3. The number of rotatable bonds is 22. The molecular weight excluding hydrogens is 432 g/mol. The number of hydrogen-bond donors (Lipinski definition) is 0. The minimum Gasteiger partial charge on any atom is -0.391 e. The Kier molecular flexibility index (Phi) is 20.0. The summed E-state index contributed by atoms with van der Waals surface area (Å²) in [5, 5.41) is 0.162. The molecule has 0 N–H and O–H groups in total. The van der Waals surface area contributed by atoms with Gasteiger partial charge < -0.3 is 17.7 Å². The van der Waals surface area contributed by atoms with Gasteiger partial charge in [-0.2, -0.15) is 0 Å². The molecule has 0 aromatic rings. The highest BCUT2D eigenvalue weighted by Gasteiger charge is 2.58. The van der Waals surface area contributed by atoms with Gasteiger partial charge in [-0.15, -0.1) is 0 Å². The van der Waals surface area contributed by atoms with Crippen LogP contribution in [0.5, 0.6) is 0 Å². The highest BCUT2D eigenvalue weighted by Crippen LogP contribution is 2.41. The third-order valence-corrected chi connectivity index (χ3v) is 14.8. The number of unbranched alkanes of at least 4 members (excludes halogenated alkanes) is 4. The van der Waals surface area contributed by atoms with E-state index < -0.39 is 17.1 Å². The number of hydrogen-bond acceptors (Lipinski definition) is 4. The molecule has 6 heteroatoms. The van der Waals surface area contributed by atoms with E-state index in [1.54, 1.807) is 0 Å². The second kappa shape index (κ2) is 20.2. The maximum atomic E-state index is 6.81. The molecule has 0 heterocycles. The molecule has 0 atom stereocenters. The summed E-state index contributed by atoms with van der Waals surface area (Å²) in [4.78, 5) is 0. The summed E-state index contributed by atoms with van der Waals surface area (Å²) in [6, 6.07) is 0. The third kappa shape index (κ3) is 11.3. The molecule has 0 aromatic heterocycles. The molecule has 0 saturated carbocycles. The van der Waals surface area contributed by atoms with Crippen LogP contribution in [0.1, 0.15) is 113 Å². The maximum absolute atomic E-state index is 6.81. The molecule has 32 heavy (non-hydrogen) atoms. The second-order valence-electron chi connectivity index (χ2n) is 8.59. The molecule has 190 valence electrons. The van der Waals surface area contributed by atoms with Gasteiger partial charge in [-0.3, -0.25) is 0 Å². The van der Waals surface area contributed by atoms with Gasteiger partial charge in [-0.05, 0) is 57.4 Å². The van der Waals surface area contributed by atoms with Crippen LogP contribution in [0.3, 0.4) is 0 Å². The zero-order chi connectivity index (χ0) is 24.1. The van der Waals surface area contributed by atoms with Crippen molar-refractivity contribution in [2.75, 3.05) is 26.4 Å². The number of allylic oxidation sites excluding steroid dienone is 2. The zero-order valence-corrected chi connectivity index (χ0v) is 24.4. The van der Waals surface area contributed by atoms with Crippen molar-refractivity contribution in [3.63, 3.8) is 0 Å². The summed E-state index contributed by atoms with van der Waals surface area (Å²) < 4.78 is 27.2. The van der Waals surface area contributed by atoms with Crippen LogP contribution in [0.15, 0.2) is 23.6 Å². The quantitative estimate of drug-likeness (QED) is 0.114. The Labute approximate surface area is 202 Å². The SMILES string of the molecule is CC=C[Si](OCCCC)(OCCCC)C(CCC)[Si](C=CC)(OCCCC)OCCCC. The van der Waals surface area contributed by atoms with Crippen LogP contribution in [0, 0.1) is 0 Å². The average Bonchev–Trinajstić information content (AvgIpc) is 2.78. The van der Waals surface area contributed by atoms with Crippen molar-refractivity contribution in [3.05, 3.63) is 23.6 Å². The Bertz CT molecular complexity index is 422. The molecule has 4 nitrogen and oxygen atoms in total. The fourth-order valence-corrected chi connectivity index (χ4v) is 13.7. The lowest BCUT2D eigenvalue weighted by Gasteiger charge is -2.43. The summed E-state index contributed by atoms with van der Waals surface area (Å²) in [6.45, 7) is 18.2. The fourth-order valence-electron chi connectivity index (χ4n) is 3.85. The van der Waals surface area contributed by atoms with Crippen LogP contribution >= 0.6 is 0 Å². The largest absolute Gasteiger partial charge is 0.391 e. The van der Waals surface area contributed by atoms with E-state index in [9.17, 15) is 0 Å². The fraction of sp³-hybridized carbons (Fsp3) is 0.846. The van der Waals surface area contributed by atoms with Crippen molar-refractivity contribution in [2.45, 2.75) is 118 Å². The Hall–Kier alpha value is -0.246. The molecule has 0 aromatic carbocycles. The van der Waals surface area contributed by atoms with E-state index in [1.807, 2.05) is 0 Å². The van der Waals surface area contributed by atoms with Gasteiger partial charge in [0.2, 0.25) is 0 Å². The van der Waals surface area contributed by atoms with Crippen LogP contribution < -0.4 is 0 Å². The molecular formula is C26H54O4Si2. The molecule has 0 amide bonds. The van der Waals surface area contributed by atoms with Gasteiger partial charge in [0.25, 0.3) is 0 Å². The van der Waals surface area contributed by atoms with Crippen LogP contribution in [-0.4, -0.2) is 43.5 Å². The van der Waals surface area contributed by atoms with Gasteiger partial charge in [-0.1, -0.05) is 78.9 Å². The molecule has 0 saturated heterocycles. The minimum atomic E-state index is -2.73. The zero-order valence-electron chi connectivity index (χ0n) is 22.4. The summed E-state index contributed by atoms with van der Waals surface area (Å²) in [7, 11) is -5.47. The van der Waals surface area contributed by atoms with Gasteiger partial charge >= 0.3 is 17.1 Å². The van der Waals surface area contributed by atoms with Crippen LogP contribution in [0.4, 0.5) is 0 Å². The maximum Gasteiger partial charge on any atom is 0.370 e. The van der Waals surface area contributed by atoms with Crippen LogP contribution in [0.25, 0.3) is 0 Å². The molecule has 0 radical (unpaired) electrons. The van der Waals surface area contributed by atoms with Gasteiger partial charge in [0.15, 0.2) is 0 Å². The van der Waals surface area contributed by atoms with Gasteiger partial charge in [0, 0.05) is 26.4 Å². The first-order valence-corrected chi connectivity index (χ1v) is 17.3. The van der Waals surface area contributed by atoms with E-state index in [4.69, 9.17) is 17.7 Å². The van der Waals surface area contributed by atoms with Crippen LogP contribution in [0.2, 0.25) is 5.16 Å². The monoisotopic (exact) mass is 486 g/mol. The molecule has 0 fully saturated rings. The topological polar surface area (TPSA) is 36.9 Å². The lowest BCUT2D eigenvalue weighted by atomic mass is 10.4. The summed E-state index contributed by atoms with van der Waals surface area (Å²) in [5.74, 6) is 0. The van der Waals surface area contributed by atoms with E-state index in [2.05, 4.69) is 72.0 Å². The predicted molar refractivity (Wildman–Crippen MR) is 143 cm³/mol. The van der Waals surface area contributed by atoms with Crippen molar-refractivity contribution in [2.24, 2.45) is 0 Å². The first-order chi connectivity index (χ1) is 15.6. The molecule has 0 aliphatic carbocycles. The smallest absolute Gasteiger partial charge is 0.370 e. The van der Waals surface area contributed by atoms with E-state index in [-0.39, 0.29) is 5.16 Å². The minimum absolute atomic E-state index is 0.162. The Balaban J connectivity index is 6.45. The third-order valence-electron chi connectivity index (χ3n) is 5.65. The van der Waals surface area contributed by atoms with Crippen molar-refractivity contribution >= 4 is 17.1 Å².